The molecule has 4 heteroatoms. The zero-order valence-electron chi connectivity index (χ0n) is 5.67. The summed E-state index contributed by atoms with van der Waals surface area (Å²) in [6.07, 6.45) is 0. The molecule has 0 fully saturated rings. The van der Waals surface area contributed by atoms with E-state index in [2.05, 4.69) is 22.6 Å². The van der Waals surface area contributed by atoms with Crippen molar-refractivity contribution in [3.63, 3.8) is 0 Å². The monoisotopic (exact) mass is 449 g/mol. The maximum atomic E-state index is 10.6. The molecule has 1 N–H and O–H groups in total. The third-order valence-electron chi connectivity index (χ3n) is 1.31. The molecule has 0 aliphatic carbocycles. The van der Waals surface area contributed by atoms with Crippen LogP contribution in [0.4, 0.5) is 0 Å². The first kappa shape index (κ1) is 9.44. The van der Waals surface area contributed by atoms with Crippen LogP contribution in [0.25, 0.3) is 0 Å². The molecule has 0 radical (unpaired) electrons. The van der Waals surface area contributed by atoms with Crippen molar-refractivity contribution >= 4 is 31.6 Å². The Balaban J connectivity index is 3.27. The number of hydrogen-bond acceptors (Lipinski definition) is 1. The Morgan fingerprint density at radius 1 is 1.55 bits per heavy atom. The van der Waals surface area contributed by atoms with Gasteiger partial charge in [0.1, 0.15) is 0 Å². The third kappa shape index (κ3) is 2.15. The van der Waals surface area contributed by atoms with Crippen LogP contribution in [0.5, 0.6) is 0 Å². The van der Waals surface area contributed by atoms with Gasteiger partial charge in [-0.1, -0.05) is 0 Å². The molecule has 1 rings (SSSR count). The number of aromatic carboxylic acids is 1. The normalized spacial score (nSPS) is 9.73. The molecule has 0 amide bonds. The van der Waals surface area contributed by atoms with Crippen LogP contribution in [0.1, 0.15) is 10.4 Å². The number of rotatable bonds is 1. The predicted molar refractivity (Wildman–Crippen MR) is 45.8 cm³/mol. The number of benzene rings is 1. The quantitative estimate of drug-likeness (QED) is 0.518. The van der Waals surface area contributed by atoms with Gasteiger partial charge in [0.25, 0.3) is 0 Å². The number of carbonyl (C=O) groups is 1. The summed E-state index contributed by atoms with van der Waals surface area (Å²) in [5.41, 5.74) is 0.429. The van der Waals surface area contributed by atoms with Crippen LogP contribution in [0.3, 0.4) is 0 Å². The molecule has 0 aliphatic heterocycles. The zero-order chi connectivity index (χ0) is 8.43. The van der Waals surface area contributed by atoms with Gasteiger partial charge in [0.2, 0.25) is 0 Å². The Bertz CT molecular complexity index is 298. The van der Waals surface area contributed by atoms with Crippen molar-refractivity contribution in [3.05, 3.63) is 27.3 Å². The van der Waals surface area contributed by atoms with E-state index in [9.17, 15) is 4.79 Å². The summed E-state index contributed by atoms with van der Waals surface area (Å²) in [5, 5.41) is 8.71. The van der Waals surface area contributed by atoms with Crippen molar-refractivity contribution in [1.82, 2.24) is 0 Å². The van der Waals surface area contributed by atoms with Crippen LogP contribution < -0.4 is 3.07 Å². The molecule has 0 atom stereocenters. The molecule has 0 aromatic heterocycles. The van der Waals surface area contributed by atoms with Crippen molar-refractivity contribution in [2.45, 2.75) is 0 Å². The third-order valence-corrected chi connectivity index (χ3v) is 7.67. The summed E-state index contributed by atoms with van der Waals surface area (Å²) in [6.45, 7) is 0. The molecule has 0 bridgehead atoms. The Morgan fingerprint density at radius 3 is 2.64 bits per heavy atom. The minimum atomic E-state index is -0.832. The van der Waals surface area contributed by atoms with Crippen LogP contribution in [0.2, 0.25) is 0 Å². The summed E-state index contributed by atoms with van der Waals surface area (Å²) in [6, 6.07) is 5.42. The van der Waals surface area contributed by atoms with Gasteiger partial charge >= 0.3 is 95.0 Å². The van der Waals surface area contributed by atoms with E-state index in [-0.39, 0.29) is 0 Å². The Kier molecular flexibility index (Phi) is 3.30. The van der Waals surface area contributed by atoms with Gasteiger partial charge in [-0.2, -0.15) is 0 Å². The summed E-state index contributed by atoms with van der Waals surface area (Å²) >= 11 is 2.59. The van der Waals surface area contributed by atoms with Crippen molar-refractivity contribution in [3.8, 4) is 0 Å². The van der Waals surface area contributed by atoms with Gasteiger partial charge in [0, 0.05) is 0 Å². The molecular weight excluding hydrogens is 444 g/mol. The summed E-state index contributed by atoms with van der Waals surface area (Å²) < 4.78 is 2.10. The Morgan fingerprint density at radius 2 is 2.18 bits per heavy atom. The first-order chi connectivity index (χ1) is 5.13. The molecule has 11 heavy (non-hydrogen) atoms. The van der Waals surface area contributed by atoms with E-state index < -0.39 is 5.97 Å². The minimum absolute atomic E-state index is 0.429. The van der Waals surface area contributed by atoms with E-state index in [1.54, 1.807) is 12.1 Å². The number of hydrogen-bond donors (Lipinski definition) is 1. The van der Waals surface area contributed by atoms with E-state index in [1.807, 2.05) is 6.07 Å². The zero-order valence-corrected chi connectivity index (χ0v) is 13.3. The van der Waals surface area contributed by atoms with Crippen LogP contribution in [0.15, 0.2) is 18.2 Å². The fraction of sp³-hybridized carbons (Fsp3) is 0. The van der Waals surface area contributed by atoms with Crippen molar-refractivity contribution in [2.75, 3.05) is 0 Å². The van der Waals surface area contributed by atoms with Crippen LogP contribution >= 0.6 is 22.6 Å². The summed E-state index contributed by atoms with van der Waals surface area (Å²) in [4.78, 5) is 10.6. The van der Waals surface area contributed by atoms with Gasteiger partial charge in [0.15, 0.2) is 0 Å². The first-order valence-corrected chi connectivity index (χ1v) is 6.79. The van der Waals surface area contributed by atoms with Gasteiger partial charge in [0.05, 0.1) is 0 Å². The summed E-state index contributed by atoms with van der Waals surface area (Å²) in [5.74, 6) is -0.832. The maximum absolute atomic E-state index is 10.6. The molecule has 0 aliphatic rings. The Labute approximate surface area is 94.1 Å². The molecule has 0 saturated heterocycles. The van der Waals surface area contributed by atoms with Gasteiger partial charge in [-0.05, 0) is 0 Å². The topological polar surface area (TPSA) is 37.3 Å². The molecule has 0 spiro atoms. The van der Waals surface area contributed by atoms with Crippen LogP contribution in [-0.2, 0) is 26.1 Å². The number of carboxylic acids is 1. The first-order valence-electron chi connectivity index (χ1n) is 2.96. The SMILES string of the molecule is O=C(O)c1ccc[c]([Hg])c1I. The predicted octanol–water partition coefficient (Wildman–Crippen LogP) is 1.16. The van der Waals surface area contributed by atoms with Crippen molar-refractivity contribution < 1.29 is 36.0 Å². The molecule has 1 aromatic carbocycles. The Hall–Kier alpha value is 0.355. The van der Waals surface area contributed by atoms with Gasteiger partial charge < -0.3 is 0 Å². The molecule has 2 nitrogen and oxygen atoms in total. The van der Waals surface area contributed by atoms with E-state index in [0.29, 0.717) is 31.7 Å². The number of halogens is 1. The molecule has 53 valence electrons. The van der Waals surface area contributed by atoms with E-state index in [0.717, 1.165) is 3.57 Å². The van der Waals surface area contributed by atoms with Crippen molar-refractivity contribution in [1.29, 1.82) is 0 Å². The average molecular weight is 448 g/mol. The van der Waals surface area contributed by atoms with E-state index >= 15 is 0 Å². The van der Waals surface area contributed by atoms with Crippen LogP contribution in [0, 0.1) is 3.57 Å². The number of carboxylic acid groups (broad SMARTS) is 1. The van der Waals surface area contributed by atoms with Gasteiger partial charge in [-0.25, -0.2) is 0 Å². The van der Waals surface area contributed by atoms with E-state index in [1.165, 1.54) is 3.07 Å². The van der Waals surface area contributed by atoms with Crippen molar-refractivity contribution in [2.24, 2.45) is 0 Å². The molecule has 0 saturated carbocycles. The molecular formula is C7H4HgIO2. The van der Waals surface area contributed by atoms with Gasteiger partial charge in [-0.15, -0.1) is 0 Å². The van der Waals surface area contributed by atoms with Crippen LogP contribution in [-0.4, -0.2) is 11.1 Å². The second kappa shape index (κ2) is 3.84. The standard InChI is InChI=1S/C7H4IO2.Hg/c8-6-4-2-1-3-5(6)7(9)10;/h1-3H,(H,9,10);. The van der Waals surface area contributed by atoms with Gasteiger partial charge in [-0.3, -0.25) is 0 Å². The molecule has 1 aromatic rings. The second-order valence-corrected chi connectivity index (χ2v) is 6.12. The van der Waals surface area contributed by atoms with E-state index in [4.69, 9.17) is 5.11 Å². The second-order valence-electron chi connectivity index (χ2n) is 2.08. The fourth-order valence-electron chi connectivity index (χ4n) is 0.745. The average Bonchev–Trinajstić information content (AvgIpc) is 1.94. The summed E-state index contributed by atoms with van der Waals surface area (Å²) in [7, 11) is 0. The molecule has 0 unspecified atom stereocenters. The molecule has 0 heterocycles. The fourth-order valence-corrected chi connectivity index (χ4v) is 2.60.